The third-order valence-corrected chi connectivity index (χ3v) is 6.36. The number of amides is 2. The first kappa shape index (κ1) is 20.5. The Hall–Kier alpha value is -2.74. The molecule has 2 fully saturated rings. The lowest BCUT2D eigenvalue weighted by atomic mass is 9.97. The van der Waals surface area contributed by atoms with E-state index in [4.69, 9.17) is 4.74 Å². The molecule has 1 saturated carbocycles. The zero-order valence-electron chi connectivity index (χ0n) is 17.0. The van der Waals surface area contributed by atoms with Crippen LogP contribution in [0.4, 0.5) is 10.8 Å². The Bertz CT molecular complexity index is 917. The third kappa shape index (κ3) is 4.70. The Morgan fingerprint density at radius 3 is 2.43 bits per heavy atom. The van der Waals surface area contributed by atoms with E-state index < -0.39 is 0 Å². The smallest absolute Gasteiger partial charge is 0.309 e. The number of nitrogens with zero attached hydrogens (tertiary/aromatic N) is 3. The molecule has 2 heterocycles. The molecule has 2 amide bonds. The van der Waals surface area contributed by atoms with Gasteiger partial charge in [-0.1, -0.05) is 18.2 Å². The number of carbonyl (C=O) groups is 3. The van der Waals surface area contributed by atoms with Crippen LogP contribution in [0.1, 0.15) is 38.3 Å². The SMILES string of the molecule is CC(=O)N(c1ccccc1)c1nc(COC(=O)C2CCN(C(=O)C3CC3)CC2)cs1. The molecule has 0 spiro atoms. The standard InChI is InChI=1S/C22H25N3O4S/c1-15(26)25(19-5-3-2-4-6-19)22-23-18(14-30-22)13-29-21(28)17-9-11-24(12-10-17)20(27)16-7-8-16/h2-6,14,16-17H,7-13H2,1H3. The molecular weight excluding hydrogens is 402 g/mol. The number of carbonyl (C=O) groups excluding carboxylic acids is 3. The summed E-state index contributed by atoms with van der Waals surface area (Å²) in [6.45, 7) is 2.83. The minimum Gasteiger partial charge on any atom is -0.459 e. The van der Waals surface area contributed by atoms with Crippen LogP contribution in [0.3, 0.4) is 0 Å². The third-order valence-electron chi connectivity index (χ3n) is 5.49. The van der Waals surface area contributed by atoms with Gasteiger partial charge >= 0.3 is 5.97 Å². The van der Waals surface area contributed by atoms with Crippen LogP contribution in [0.15, 0.2) is 35.7 Å². The molecule has 1 aromatic heterocycles. The van der Waals surface area contributed by atoms with Crippen molar-refractivity contribution in [3.8, 4) is 0 Å². The van der Waals surface area contributed by atoms with Crippen LogP contribution in [0.5, 0.6) is 0 Å². The van der Waals surface area contributed by atoms with Crippen LogP contribution in [0.2, 0.25) is 0 Å². The molecule has 7 nitrogen and oxygen atoms in total. The van der Waals surface area contributed by atoms with E-state index >= 15 is 0 Å². The predicted octanol–water partition coefficient (Wildman–Crippen LogP) is 3.52. The van der Waals surface area contributed by atoms with E-state index in [1.807, 2.05) is 35.2 Å². The number of ether oxygens (including phenoxy) is 1. The minimum absolute atomic E-state index is 0.0804. The summed E-state index contributed by atoms with van der Waals surface area (Å²) >= 11 is 1.34. The zero-order valence-corrected chi connectivity index (χ0v) is 17.8. The molecule has 4 rings (SSSR count). The molecule has 1 aliphatic carbocycles. The predicted molar refractivity (Wildman–Crippen MR) is 113 cm³/mol. The monoisotopic (exact) mass is 427 g/mol. The zero-order chi connectivity index (χ0) is 21.1. The Balaban J connectivity index is 1.30. The summed E-state index contributed by atoms with van der Waals surface area (Å²) in [4.78, 5) is 44.6. The highest BCUT2D eigenvalue weighted by Gasteiger charge is 2.36. The number of aromatic nitrogens is 1. The van der Waals surface area contributed by atoms with Crippen LogP contribution < -0.4 is 4.90 Å². The van der Waals surface area contributed by atoms with Gasteiger partial charge in [0.1, 0.15) is 6.61 Å². The van der Waals surface area contributed by atoms with Crippen molar-refractivity contribution in [2.75, 3.05) is 18.0 Å². The number of thiazole rings is 1. The average molecular weight is 428 g/mol. The highest BCUT2D eigenvalue weighted by atomic mass is 32.1. The highest BCUT2D eigenvalue weighted by molar-refractivity contribution is 7.14. The van der Waals surface area contributed by atoms with Gasteiger partial charge in [0, 0.05) is 31.3 Å². The first-order valence-corrected chi connectivity index (χ1v) is 11.2. The number of piperidine rings is 1. The van der Waals surface area contributed by atoms with Gasteiger partial charge in [-0.25, -0.2) is 4.98 Å². The molecule has 2 aliphatic rings. The van der Waals surface area contributed by atoms with E-state index in [0.717, 1.165) is 18.5 Å². The second kappa shape index (κ2) is 8.95. The van der Waals surface area contributed by atoms with Crippen molar-refractivity contribution < 1.29 is 19.1 Å². The van der Waals surface area contributed by atoms with Crippen LogP contribution in [-0.4, -0.2) is 40.8 Å². The van der Waals surface area contributed by atoms with E-state index in [-0.39, 0.29) is 36.2 Å². The van der Waals surface area contributed by atoms with Crippen molar-refractivity contribution in [1.82, 2.24) is 9.88 Å². The maximum atomic E-state index is 12.4. The molecular formula is C22H25N3O4S. The van der Waals surface area contributed by atoms with Crippen molar-refractivity contribution in [2.24, 2.45) is 11.8 Å². The Labute approximate surface area is 179 Å². The molecule has 0 unspecified atom stereocenters. The van der Waals surface area contributed by atoms with Crippen LogP contribution >= 0.6 is 11.3 Å². The number of para-hydroxylation sites is 1. The van der Waals surface area contributed by atoms with Gasteiger partial charge in [0.05, 0.1) is 17.3 Å². The summed E-state index contributed by atoms with van der Waals surface area (Å²) in [5, 5.41) is 2.35. The summed E-state index contributed by atoms with van der Waals surface area (Å²) < 4.78 is 5.48. The second-order valence-electron chi connectivity index (χ2n) is 7.79. The molecule has 0 atom stereocenters. The summed E-state index contributed by atoms with van der Waals surface area (Å²) in [6, 6.07) is 9.32. The molecule has 2 aromatic rings. The van der Waals surface area contributed by atoms with E-state index in [1.165, 1.54) is 18.3 Å². The second-order valence-corrected chi connectivity index (χ2v) is 8.63. The van der Waals surface area contributed by atoms with Crippen LogP contribution in [0, 0.1) is 11.8 Å². The maximum absolute atomic E-state index is 12.4. The molecule has 30 heavy (non-hydrogen) atoms. The fraction of sp³-hybridized carbons (Fsp3) is 0.455. The lowest BCUT2D eigenvalue weighted by Crippen LogP contribution is -2.41. The molecule has 1 aliphatic heterocycles. The fourth-order valence-electron chi connectivity index (χ4n) is 3.66. The summed E-state index contributed by atoms with van der Waals surface area (Å²) in [7, 11) is 0. The number of anilines is 2. The first-order chi connectivity index (χ1) is 14.5. The van der Waals surface area contributed by atoms with E-state index in [2.05, 4.69) is 4.98 Å². The molecule has 1 aromatic carbocycles. The number of benzene rings is 1. The molecule has 0 bridgehead atoms. The lowest BCUT2D eigenvalue weighted by Gasteiger charge is -2.31. The van der Waals surface area contributed by atoms with Gasteiger partial charge in [0.2, 0.25) is 11.8 Å². The van der Waals surface area contributed by atoms with Crippen molar-refractivity contribution in [3.63, 3.8) is 0 Å². The highest BCUT2D eigenvalue weighted by Crippen LogP contribution is 2.33. The lowest BCUT2D eigenvalue weighted by molar-refractivity contribution is -0.153. The molecule has 8 heteroatoms. The van der Waals surface area contributed by atoms with Gasteiger partial charge in [-0.2, -0.15) is 0 Å². The Morgan fingerprint density at radius 2 is 1.80 bits per heavy atom. The van der Waals surface area contributed by atoms with Crippen molar-refractivity contribution in [3.05, 3.63) is 41.4 Å². The van der Waals surface area contributed by atoms with Gasteiger partial charge < -0.3 is 9.64 Å². The van der Waals surface area contributed by atoms with Crippen LogP contribution in [0.25, 0.3) is 0 Å². The quantitative estimate of drug-likeness (QED) is 0.659. The van der Waals surface area contributed by atoms with Gasteiger partial charge in [-0.05, 0) is 37.8 Å². The molecule has 1 saturated heterocycles. The minimum atomic E-state index is -0.241. The largest absolute Gasteiger partial charge is 0.459 e. The number of likely N-dealkylation sites (tertiary alicyclic amines) is 1. The number of esters is 1. The van der Waals surface area contributed by atoms with Gasteiger partial charge in [-0.3, -0.25) is 19.3 Å². The van der Waals surface area contributed by atoms with Crippen molar-refractivity contribution in [2.45, 2.75) is 39.2 Å². The summed E-state index contributed by atoms with van der Waals surface area (Å²) in [6.07, 6.45) is 3.29. The number of hydrogen-bond donors (Lipinski definition) is 0. The van der Waals surface area contributed by atoms with Crippen molar-refractivity contribution in [1.29, 1.82) is 0 Å². The van der Waals surface area contributed by atoms with E-state index in [0.29, 0.717) is 36.8 Å². The molecule has 158 valence electrons. The average Bonchev–Trinajstić information content (AvgIpc) is 3.51. The topological polar surface area (TPSA) is 79.8 Å². The van der Waals surface area contributed by atoms with Gasteiger partial charge in [-0.15, -0.1) is 11.3 Å². The van der Waals surface area contributed by atoms with E-state index in [9.17, 15) is 14.4 Å². The van der Waals surface area contributed by atoms with E-state index in [1.54, 1.807) is 10.3 Å². The Morgan fingerprint density at radius 1 is 1.10 bits per heavy atom. The van der Waals surface area contributed by atoms with Gasteiger partial charge in [0.25, 0.3) is 0 Å². The normalized spacial score (nSPS) is 16.9. The summed E-state index contributed by atoms with van der Waals surface area (Å²) in [5.74, 6) is -0.0892. The molecule has 0 N–H and O–H groups in total. The Kier molecular flexibility index (Phi) is 6.13. The van der Waals surface area contributed by atoms with Crippen molar-refractivity contribution >= 4 is 39.9 Å². The van der Waals surface area contributed by atoms with Gasteiger partial charge in [0.15, 0.2) is 5.13 Å². The number of rotatable bonds is 6. The molecule has 0 radical (unpaired) electrons. The maximum Gasteiger partial charge on any atom is 0.309 e. The fourth-order valence-corrected chi connectivity index (χ4v) is 4.53. The van der Waals surface area contributed by atoms with Crippen LogP contribution in [-0.2, 0) is 25.7 Å². The first-order valence-electron chi connectivity index (χ1n) is 10.3. The number of hydrogen-bond acceptors (Lipinski definition) is 6. The summed E-state index contributed by atoms with van der Waals surface area (Å²) in [5.41, 5.74) is 1.36.